The summed E-state index contributed by atoms with van der Waals surface area (Å²) in [6, 6.07) is 13.2. The van der Waals surface area contributed by atoms with Crippen LogP contribution < -0.4 is 15.0 Å². The summed E-state index contributed by atoms with van der Waals surface area (Å²) in [5.74, 6) is 0.179. The number of methoxy groups -OCH3 is 1. The molecule has 2 aromatic carbocycles. The highest BCUT2D eigenvalue weighted by Gasteiger charge is 2.30. The normalized spacial score (nSPS) is 13.2. The summed E-state index contributed by atoms with van der Waals surface area (Å²) >= 11 is 0. The van der Waals surface area contributed by atoms with E-state index in [1.165, 1.54) is 11.7 Å². The zero-order chi connectivity index (χ0) is 28.2. The number of hydrogen-bond acceptors (Lipinski definition) is 11. The Bertz CT molecular complexity index is 1580. The number of ether oxygens (including phenoxy) is 3. The van der Waals surface area contributed by atoms with Crippen molar-refractivity contribution in [2.75, 3.05) is 50.2 Å². The molecular formula is C27H26N6O7. The number of nitrogens with zero attached hydrogens (tertiary/aromatic N) is 5. The average Bonchev–Trinajstić information content (AvgIpc) is 3.31. The minimum atomic E-state index is -0.769. The van der Waals surface area contributed by atoms with Crippen LogP contribution in [0.1, 0.15) is 23.0 Å². The van der Waals surface area contributed by atoms with Gasteiger partial charge in [-0.1, -0.05) is 18.2 Å². The van der Waals surface area contributed by atoms with E-state index in [9.17, 15) is 19.7 Å². The summed E-state index contributed by atoms with van der Waals surface area (Å²) in [4.78, 5) is 49.0. The van der Waals surface area contributed by atoms with Gasteiger partial charge in [-0.25, -0.2) is 14.3 Å². The fraction of sp³-hybridized carbons (Fsp3) is 0.259. The van der Waals surface area contributed by atoms with Crippen molar-refractivity contribution in [3.05, 3.63) is 76.1 Å². The molecule has 3 heterocycles. The predicted octanol–water partition coefficient (Wildman–Crippen LogP) is 4.16. The van der Waals surface area contributed by atoms with Gasteiger partial charge in [-0.15, -0.1) is 0 Å². The Labute approximate surface area is 228 Å². The molecule has 0 aliphatic carbocycles. The molecule has 206 valence electrons. The van der Waals surface area contributed by atoms with Crippen LogP contribution in [0.4, 0.5) is 27.9 Å². The van der Waals surface area contributed by atoms with Crippen LogP contribution in [0.5, 0.6) is 5.75 Å². The second-order valence-corrected chi connectivity index (χ2v) is 8.72. The van der Waals surface area contributed by atoms with E-state index in [4.69, 9.17) is 14.2 Å². The SMILES string of the molecule is CCOC(=O)n1c(C(=O)c2ccc(OC)cc2)c(Nc2nc(N3CCOCC3)ncc2[N+](=O)[O-])c2ccccc21. The van der Waals surface area contributed by atoms with Crippen molar-refractivity contribution in [2.24, 2.45) is 0 Å². The minimum Gasteiger partial charge on any atom is -0.497 e. The number of rotatable bonds is 8. The van der Waals surface area contributed by atoms with Crippen LogP contribution in [0.25, 0.3) is 10.9 Å². The van der Waals surface area contributed by atoms with Crippen LogP contribution in [0.15, 0.2) is 54.7 Å². The molecule has 0 radical (unpaired) electrons. The van der Waals surface area contributed by atoms with Crippen molar-refractivity contribution >= 4 is 45.9 Å². The molecule has 13 nitrogen and oxygen atoms in total. The molecule has 0 saturated carbocycles. The molecule has 0 bridgehead atoms. The van der Waals surface area contributed by atoms with Gasteiger partial charge < -0.3 is 24.4 Å². The van der Waals surface area contributed by atoms with Crippen LogP contribution in [0, 0.1) is 10.1 Å². The van der Waals surface area contributed by atoms with E-state index >= 15 is 0 Å². The molecule has 1 saturated heterocycles. The maximum absolute atomic E-state index is 14.0. The molecule has 1 aliphatic rings. The van der Waals surface area contributed by atoms with Crippen molar-refractivity contribution in [3.8, 4) is 5.75 Å². The van der Waals surface area contributed by atoms with Gasteiger partial charge in [0.05, 0.1) is 43.1 Å². The number of ketones is 1. The first-order valence-electron chi connectivity index (χ1n) is 12.5. The molecule has 2 aromatic heterocycles. The Morgan fingerprint density at radius 2 is 1.85 bits per heavy atom. The summed E-state index contributed by atoms with van der Waals surface area (Å²) in [5, 5.41) is 15.4. The van der Waals surface area contributed by atoms with Gasteiger partial charge >= 0.3 is 11.8 Å². The maximum Gasteiger partial charge on any atom is 0.419 e. The Hall–Kier alpha value is -5.04. The van der Waals surface area contributed by atoms with Gasteiger partial charge in [-0.05, 0) is 37.3 Å². The highest BCUT2D eigenvalue weighted by atomic mass is 16.6. The summed E-state index contributed by atoms with van der Waals surface area (Å²) < 4.78 is 17.1. The van der Waals surface area contributed by atoms with E-state index in [2.05, 4.69) is 15.3 Å². The lowest BCUT2D eigenvalue weighted by Crippen LogP contribution is -2.37. The summed E-state index contributed by atoms with van der Waals surface area (Å²) in [6.07, 6.45) is 0.352. The molecule has 0 unspecified atom stereocenters. The molecule has 13 heteroatoms. The Morgan fingerprint density at radius 1 is 1.12 bits per heavy atom. The monoisotopic (exact) mass is 546 g/mol. The first-order valence-corrected chi connectivity index (χ1v) is 12.5. The third kappa shape index (κ3) is 5.01. The molecule has 5 rings (SSSR count). The van der Waals surface area contributed by atoms with Crippen LogP contribution in [0.2, 0.25) is 0 Å². The molecule has 4 aromatic rings. The van der Waals surface area contributed by atoms with E-state index in [1.807, 2.05) is 4.90 Å². The van der Waals surface area contributed by atoms with Gasteiger partial charge in [-0.3, -0.25) is 14.9 Å². The van der Waals surface area contributed by atoms with Crippen LogP contribution in [-0.2, 0) is 9.47 Å². The Balaban J connectivity index is 1.71. The number of aromatic nitrogens is 3. The number of carbonyl (C=O) groups excluding carboxylic acids is 2. The van der Waals surface area contributed by atoms with Crippen molar-refractivity contribution < 1.29 is 28.7 Å². The van der Waals surface area contributed by atoms with Gasteiger partial charge in [0.2, 0.25) is 17.5 Å². The zero-order valence-electron chi connectivity index (χ0n) is 21.8. The molecule has 40 heavy (non-hydrogen) atoms. The van der Waals surface area contributed by atoms with Gasteiger partial charge in [0.1, 0.15) is 17.6 Å². The summed E-state index contributed by atoms with van der Waals surface area (Å²) in [6.45, 7) is 3.70. The number of benzene rings is 2. The quantitative estimate of drug-likeness (QED) is 0.193. The lowest BCUT2D eigenvalue weighted by atomic mass is 10.1. The van der Waals surface area contributed by atoms with Crippen molar-refractivity contribution in [1.82, 2.24) is 14.5 Å². The van der Waals surface area contributed by atoms with Crippen LogP contribution in [0.3, 0.4) is 0 Å². The van der Waals surface area contributed by atoms with E-state index in [0.29, 0.717) is 43.0 Å². The fourth-order valence-corrected chi connectivity index (χ4v) is 4.46. The number of para-hydroxylation sites is 1. The average molecular weight is 547 g/mol. The van der Waals surface area contributed by atoms with Gasteiger partial charge in [0, 0.05) is 24.0 Å². The second-order valence-electron chi connectivity index (χ2n) is 8.72. The Kier molecular flexibility index (Phi) is 7.55. The standard InChI is InChI=1S/C27H26N6O7/c1-3-40-27(35)32-20-7-5-4-6-19(20)22(23(32)24(34)17-8-10-18(38-2)11-9-17)29-25-21(33(36)37)16-28-26(30-25)31-12-14-39-15-13-31/h4-11,16H,3,12-15H2,1-2H3,(H,28,29,30). The number of carbonyl (C=O) groups is 2. The third-order valence-corrected chi connectivity index (χ3v) is 6.38. The molecule has 0 spiro atoms. The van der Waals surface area contributed by atoms with Crippen LogP contribution >= 0.6 is 0 Å². The highest BCUT2D eigenvalue weighted by Crippen LogP contribution is 2.37. The van der Waals surface area contributed by atoms with Crippen molar-refractivity contribution in [2.45, 2.75) is 6.92 Å². The van der Waals surface area contributed by atoms with Crippen molar-refractivity contribution in [1.29, 1.82) is 0 Å². The first-order chi connectivity index (χ1) is 19.4. The summed E-state index contributed by atoms with van der Waals surface area (Å²) in [7, 11) is 1.51. The van der Waals surface area contributed by atoms with Gasteiger partial charge in [-0.2, -0.15) is 4.98 Å². The number of fused-ring (bicyclic) bond motifs is 1. The zero-order valence-corrected chi connectivity index (χ0v) is 21.8. The molecule has 1 fully saturated rings. The summed E-state index contributed by atoms with van der Waals surface area (Å²) in [5.41, 5.74) is 0.353. The lowest BCUT2D eigenvalue weighted by Gasteiger charge is -2.26. The molecule has 0 amide bonds. The minimum absolute atomic E-state index is 0.0642. The number of hydrogen-bond donors (Lipinski definition) is 1. The number of nitrogens with one attached hydrogen (secondary N) is 1. The van der Waals surface area contributed by atoms with E-state index in [0.717, 1.165) is 6.20 Å². The number of anilines is 3. The topological polar surface area (TPSA) is 151 Å². The van der Waals surface area contributed by atoms with Gasteiger partial charge in [0.25, 0.3) is 0 Å². The van der Waals surface area contributed by atoms with E-state index < -0.39 is 22.5 Å². The molecular weight excluding hydrogens is 520 g/mol. The predicted molar refractivity (Wildman–Crippen MR) is 146 cm³/mol. The Morgan fingerprint density at radius 3 is 2.52 bits per heavy atom. The molecule has 1 aliphatic heterocycles. The van der Waals surface area contributed by atoms with E-state index in [-0.39, 0.29) is 35.3 Å². The maximum atomic E-state index is 14.0. The first kappa shape index (κ1) is 26.6. The number of morpholine rings is 1. The van der Waals surface area contributed by atoms with Gasteiger partial charge in [0.15, 0.2) is 0 Å². The lowest BCUT2D eigenvalue weighted by molar-refractivity contribution is -0.384. The third-order valence-electron chi connectivity index (χ3n) is 6.38. The highest BCUT2D eigenvalue weighted by molar-refractivity contribution is 6.19. The van der Waals surface area contributed by atoms with Crippen molar-refractivity contribution in [3.63, 3.8) is 0 Å². The smallest absolute Gasteiger partial charge is 0.419 e. The fourth-order valence-electron chi connectivity index (χ4n) is 4.46. The number of nitro groups is 1. The molecule has 0 atom stereocenters. The van der Waals surface area contributed by atoms with E-state index in [1.54, 1.807) is 55.5 Å². The second kappa shape index (κ2) is 11.4. The van der Waals surface area contributed by atoms with Crippen LogP contribution in [-0.4, -0.2) is 71.4 Å². The molecule has 1 N–H and O–H groups in total. The largest absolute Gasteiger partial charge is 0.497 e.